The zero-order valence-electron chi connectivity index (χ0n) is 10.2. The lowest BCUT2D eigenvalue weighted by Crippen LogP contribution is -2.15. The number of benzene rings is 2. The summed E-state index contributed by atoms with van der Waals surface area (Å²) in [6.45, 7) is 0.851. The lowest BCUT2D eigenvalue weighted by atomic mass is 10.3. The molecular formula is C15H14N2S. The first-order valence-corrected chi connectivity index (χ1v) is 6.75. The van der Waals surface area contributed by atoms with E-state index in [1.165, 1.54) is 10.4 Å². The van der Waals surface area contributed by atoms with Crippen LogP contribution in [0.4, 0.5) is 5.69 Å². The first-order valence-electron chi connectivity index (χ1n) is 5.93. The number of aromatic nitrogens is 1. The number of para-hydroxylation sites is 2. The highest BCUT2D eigenvalue weighted by Crippen LogP contribution is 2.23. The molecule has 0 unspecified atom stereocenters. The topological polar surface area (TPSA) is 16.1 Å². The van der Waals surface area contributed by atoms with Crippen LogP contribution >= 0.6 is 11.3 Å². The first-order chi connectivity index (χ1) is 8.83. The Bertz CT molecular complexity index is 613. The molecule has 1 heterocycles. The standard InChI is InChI=1S/C15H14N2S/c1-17(12-7-3-2-4-8-12)11-15-16-13-9-5-6-10-14(13)18-15/h2-10H,11H2,1H3. The maximum absolute atomic E-state index is 4.66. The highest BCUT2D eigenvalue weighted by Gasteiger charge is 2.06. The molecule has 0 spiro atoms. The van der Waals surface area contributed by atoms with Crippen molar-refractivity contribution >= 4 is 27.2 Å². The van der Waals surface area contributed by atoms with E-state index in [1.54, 1.807) is 11.3 Å². The first kappa shape index (κ1) is 11.2. The van der Waals surface area contributed by atoms with Crippen molar-refractivity contribution in [2.24, 2.45) is 0 Å². The Hall–Kier alpha value is -1.87. The van der Waals surface area contributed by atoms with Gasteiger partial charge in [-0.3, -0.25) is 0 Å². The second-order valence-corrected chi connectivity index (χ2v) is 5.38. The second-order valence-electron chi connectivity index (χ2n) is 4.27. The Morgan fingerprint density at radius 2 is 1.72 bits per heavy atom. The summed E-state index contributed by atoms with van der Waals surface area (Å²) in [6, 6.07) is 18.7. The van der Waals surface area contributed by atoms with Gasteiger partial charge in [-0.15, -0.1) is 11.3 Å². The Balaban J connectivity index is 1.84. The molecule has 0 amide bonds. The van der Waals surface area contributed by atoms with Crippen molar-refractivity contribution in [3.05, 3.63) is 59.6 Å². The summed E-state index contributed by atoms with van der Waals surface area (Å²) < 4.78 is 1.26. The van der Waals surface area contributed by atoms with Gasteiger partial charge in [-0.1, -0.05) is 30.3 Å². The van der Waals surface area contributed by atoms with Gasteiger partial charge in [0.2, 0.25) is 0 Å². The number of hydrogen-bond acceptors (Lipinski definition) is 3. The third-order valence-corrected chi connectivity index (χ3v) is 3.93. The van der Waals surface area contributed by atoms with Crippen LogP contribution < -0.4 is 4.90 Å². The minimum atomic E-state index is 0.851. The van der Waals surface area contributed by atoms with Gasteiger partial charge in [0.05, 0.1) is 16.8 Å². The predicted octanol–water partition coefficient (Wildman–Crippen LogP) is 3.93. The van der Waals surface area contributed by atoms with Crippen molar-refractivity contribution in [2.45, 2.75) is 6.54 Å². The van der Waals surface area contributed by atoms with E-state index in [0.29, 0.717) is 0 Å². The molecule has 3 heteroatoms. The van der Waals surface area contributed by atoms with Crippen molar-refractivity contribution in [3.8, 4) is 0 Å². The smallest absolute Gasteiger partial charge is 0.113 e. The van der Waals surface area contributed by atoms with Crippen LogP contribution in [0, 0.1) is 0 Å². The fourth-order valence-electron chi connectivity index (χ4n) is 1.96. The summed E-state index contributed by atoms with van der Waals surface area (Å²) in [6.07, 6.45) is 0. The minimum absolute atomic E-state index is 0.851. The average molecular weight is 254 g/mol. The van der Waals surface area contributed by atoms with Gasteiger partial charge in [0.15, 0.2) is 0 Å². The third kappa shape index (κ3) is 2.22. The fourth-order valence-corrected chi connectivity index (χ4v) is 2.99. The molecule has 1 aromatic heterocycles. The van der Waals surface area contributed by atoms with E-state index in [-0.39, 0.29) is 0 Å². The summed E-state index contributed by atoms with van der Waals surface area (Å²) in [5.74, 6) is 0. The van der Waals surface area contributed by atoms with Crippen molar-refractivity contribution in [1.82, 2.24) is 4.98 Å². The molecule has 2 nitrogen and oxygen atoms in total. The van der Waals surface area contributed by atoms with Crippen LogP contribution in [0.2, 0.25) is 0 Å². The summed E-state index contributed by atoms with van der Waals surface area (Å²) >= 11 is 1.77. The monoisotopic (exact) mass is 254 g/mol. The van der Waals surface area contributed by atoms with Crippen LogP contribution in [0.3, 0.4) is 0 Å². The predicted molar refractivity (Wildman–Crippen MR) is 78.2 cm³/mol. The number of nitrogens with zero attached hydrogens (tertiary/aromatic N) is 2. The zero-order valence-corrected chi connectivity index (χ0v) is 11.0. The molecule has 0 fully saturated rings. The number of fused-ring (bicyclic) bond motifs is 1. The normalized spacial score (nSPS) is 10.7. The molecule has 18 heavy (non-hydrogen) atoms. The second kappa shape index (κ2) is 4.78. The van der Waals surface area contributed by atoms with E-state index in [2.05, 4.69) is 59.4 Å². The zero-order chi connectivity index (χ0) is 12.4. The van der Waals surface area contributed by atoms with Crippen LogP contribution in [0.15, 0.2) is 54.6 Å². The maximum atomic E-state index is 4.66. The van der Waals surface area contributed by atoms with Crippen LogP contribution in [0.5, 0.6) is 0 Å². The molecule has 0 aliphatic heterocycles. The highest BCUT2D eigenvalue weighted by atomic mass is 32.1. The molecule has 3 aromatic rings. The largest absolute Gasteiger partial charge is 0.368 e. The molecule has 3 rings (SSSR count). The van der Waals surface area contributed by atoms with E-state index in [0.717, 1.165) is 17.1 Å². The third-order valence-electron chi connectivity index (χ3n) is 2.91. The average Bonchev–Trinajstić information content (AvgIpc) is 2.82. The molecule has 90 valence electrons. The lowest BCUT2D eigenvalue weighted by Gasteiger charge is -2.17. The van der Waals surface area contributed by atoms with Crippen LogP contribution in [-0.4, -0.2) is 12.0 Å². The van der Waals surface area contributed by atoms with Crippen LogP contribution in [-0.2, 0) is 6.54 Å². The van der Waals surface area contributed by atoms with Gasteiger partial charge in [-0.25, -0.2) is 4.98 Å². The minimum Gasteiger partial charge on any atom is -0.368 e. The molecule has 0 saturated carbocycles. The summed E-state index contributed by atoms with van der Waals surface area (Å²) in [4.78, 5) is 6.88. The fraction of sp³-hybridized carbons (Fsp3) is 0.133. The molecule has 0 aliphatic rings. The summed E-state index contributed by atoms with van der Waals surface area (Å²) in [5, 5.41) is 1.16. The van der Waals surface area contributed by atoms with Crippen molar-refractivity contribution < 1.29 is 0 Å². The SMILES string of the molecule is CN(Cc1nc2ccccc2s1)c1ccccc1. The number of anilines is 1. The molecule has 0 bridgehead atoms. The molecule has 0 saturated heterocycles. The van der Waals surface area contributed by atoms with Crippen molar-refractivity contribution in [1.29, 1.82) is 0 Å². The van der Waals surface area contributed by atoms with E-state index < -0.39 is 0 Å². The van der Waals surface area contributed by atoms with E-state index in [9.17, 15) is 0 Å². The Morgan fingerprint density at radius 1 is 1.00 bits per heavy atom. The summed E-state index contributed by atoms with van der Waals surface area (Å²) in [5.41, 5.74) is 2.32. The lowest BCUT2D eigenvalue weighted by molar-refractivity contribution is 0.914. The van der Waals surface area contributed by atoms with Crippen molar-refractivity contribution in [2.75, 3.05) is 11.9 Å². The van der Waals surface area contributed by atoms with Gasteiger partial charge >= 0.3 is 0 Å². The van der Waals surface area contributed by atoms with E-state index in [4.69, 9.17) is 0 Å². The maximum Gasteiger partial charge on any atom is 0.113 e. The molecule has 0 aliphatic carbocycles. The van der Waals surface area contributed by atoms with E-state index in [1.807, 2.05) is 12.1 Å². The van der Waals surface area contributed by atoms with Crippen molar-refractivity contribution in [3.63, 3.8) is 0 Å². The van der Waals surface area contributed by atoms with Gasteiger partial charge in [-0.05, 0) is 24.3 Å². The number of rotatable bonds is 3. The molecule has 0 atom stereocenters. The quantitative estimate of drug-likeness (QED) is 0.704. The van der Waals surface area contributed by atoms with Gasteiger partial charge in [0.1, 0.15) is 5.01 Å². The van der Waals surface area contributed by atoms with Crippen LogP contribution in [0.1, 0.15) is 5.01 Å². The molecule has 2 aromatic carbocycles. The summed E-state index contributed by atoms with van der Waals surface area (Å²) in [7, 11) is 2.10. The van der Waals surface area contributed by atoms with Gasteiger partial charge < -0.3 is 4.90 Å². The Morgan fingerprint density at radius 3 is 2.50 bits per heavy atom. The van der Waals surface area contributed by atoms with Crippen LogP contribution in [0.25, 0.3) is 10.2 Å². The molecular weight excluding hydrogens is 240 g/mol. The highest BCUT2D eigenvalue weighted by molar-refractivity contribution is 7.18. The van der Waals surface area contributed by atoms with Gasteiger partial charge in [-0.2, -0.15) is 0 Å². The molecule has 0 N–H and O–H groups in total. The van der Waals surface area contributed by atoms with Gasteiger partial charge in [0.25, 0.3) is 0 Å². The van der Waals surface area contributed by atoms with Gasteiger partial charge in [0, 0.05) is 12.7 Å². The number of hydrogen-bond donors (Lipinski definition) is 0. The number of thiazole rings is 1. The van der Waals surface area contributed by atoms with E-state index >= 15 is 0 Å². The Labute approximate surface area is 111 Å². The Kier molecular flexibility index (Phi) is 2.99. The molecule has 0 radical (unpaired) electrons.